The molecule has 0 amide bonds. The van der Waals surface area contributed by atoms with E-state index in [0.29, 0.717) is 17.2 Å². The van der Waals surface area contributed by atoms with Gasteiger partial charge in [-0.1, -0.05) is 0 Å². The molecule has 0 aliphatic rings. The van der Waals surface area contributed by atoms with Crippen LogP contribution in [-0.4, -0.2) is 26.3 Å². The van der Waals surface area contributed by atoms with Gasteiger partial charge in [0.15, 0.2) is 11.5 Å². The molecule has 0 bridgehead atoms. The summed E-state index contributed by atoms with van der Waals surface area (Å²) in [5, 5.41) is 10.7. The van der Waals surface area contributed by atoms with Crippen LogP contribution in [0.1, 0.15) is 0 Å². The normalized spacial score (nSPS) is 10.0. The summed E-state index contributed by atoms with van der Waals surface area (Å²) in [4.78, 5) is 10.3. The predicted molar refractivity (Wildman–Crippen MR) is 78.2 cm³/mol. The van der Waals surface area contributed by atoms with Crippen LogP contribution >= 0.6 is 0 Å². The van der Waals surface area contributed by atoms with E-state index in [1.807, 2.05) is 6.07 Å². The second-order valence-electron chi connectivity index (χ2n) is 4.19. The van der Waals surface area contributed by atoms with E-state index in [0.717, 1.165) is 11.1 Å². The fraction of sp³-hybridized carbons (Fsp3) is 0.200. The van der Waals surface area contributed by atoms with E-state index < -0.39 is 4.92 Å². The van der Waals surface area contributed by atoms with Crippen molar-refractivity contribution < 1.29 is 19.1 Å². The van der Waals surface area contributed by atoms with Crippen molar-refractivity contribution >= 4 is 5.69 Å². The molecule has 110 valence electrons. The van der Waals surface area contributed by atoms with Crippen molar-refractivity contribution in [3.63, 3.8) is 0 Å². The Hall–Kier alpha value is -2.76. The first-order valence-corrected chi connectivity index (χ1v) is 6.16. The lowest BCUT2D eigenvalue weighted by Crippen LogP contribution is -1.97. The number of non-ortho nitro benzene ring substituents is 1. The fourth-order valence-corrected chi connectivity index (χ4v) is 2.09. The zero-order valence-corrected chi connectivity index (χ0v) is 12.0. The first kappa shape index (κ1) is 14.6. The van der Waals surface area contributed by atoms with E-state index in [1.165, 1.54) is 26.4 Å². The molecule has 2 aromatic carbocycles. The van der Waals surface area contributed by atoms with E-state index in [-0.39, 0.29) is 5.69 Å². The number of nitro benzene ring substituents is 1. The summed E-state index contributed by atoms with van der Waals surface area (Å²) < 4.78 is 16.0. The van der Waals surface area contributed by atoms with E-state index in [4.69, 9.17) is 14.2 Å². The van der Waals surface area contributed by atoms with Gasteiger partial charge in [-0.15, -0.1) is 0 Å². The van der Waals surface area contributed by atoms with E-state index in [2.05, 4.69) is 0 Å². The number of rotatable bonds is 5. The van der Waals surface area contributed by atoms with Crippen molar-refractivity contribution in [2.45, 2.75) is 0 Å². The van der Waals surface area contributed by atoms with Gasteiger partial charge in [0.05, 0.1) is 26.3 Å². The molecule has 0 radical (unpaired) electrons. The molecule has 0 aliphatic carbocycles. The summed E-state index contributed by atoms with van der Waals surface area (Å²) in [7, 11) is 4.61. The highest BCUT2D eigenvalue weighted by molar-refractivity contribution is 5.76. The van der Waals surface area contributed by atoms with Crippen LogP contribution in [0.25, 0.3) is 11.1 Å². The average Bonchev–Trinajstić information content (AvgIpc) is 2.53. The van der Waals surface area contributed by atoms with Crippen molar-refractivity contribution in [3.05, 3.63) is 46.5 Å². The number of nitro groups is 1. The summed E-state index contributed by atoms with van der Waals surface area (Å²) in [5.41, 5.74) is 1.60. The smallest absolute Gasteiger partial charge is 0.269 e. The maximum Gasteiger partial charge on any atom is 0.269 e. The molecule has 2 aromatic rings. The lowest BCUT2D eigenvalue weighted by atomic mass is 10.0. The Morgan fingerprint density at radius 2 is 1.48 bits per heavy atom. The third-order valence-corrected chi connectivity index (χ3v) is 3.09. The number of hydrogen-bond acceptors (Lipinski definition) is 5. The molecule has 0 saturated heterocycles. The molecule has 0 saturated carbocycles. The minimum absolute atomic E-state index is 0.0400. The van der Waals surface area contributed by atoms with Crippen LogP contribution in [0.4, 0.5) is 5.69 Å². The van der Waals surface area contributed by atoms with Crippen LogP contribution in [0.2, 0.25) is 0 Å². The van der Waals surface area contributed by atoms with E-state index in [1.54, 1.807) is 25.3 Å². The fourth-order valence-electron chi connectivity index (χ4n) is 2.09. The number of benzene rings is 2. The zero-order valence-electron chi connectivity index (χ0n) is 12.0. The monoisotopic (exact) mass is 289 g/mol. The Balaban J connectivity index is 2.55. The third-order valence-electron chi connectivity index (χ3n) is 3.09. The Labute approximate surface area is 122 Å². The molecule has 21 heavy (non-hydrogen) atoms. The van der Waals surface area contributed by atoms with Gasteiger partial charge in [0, 0.05) is 17.7 Å². The maximum absolute atomic E-state index is 10.7. The van der Waals surface area contributed by atoms with Gasteiger partial charge in [-0.05, 0) is 29.8 Å². The van der Waals surface area contributed by atoms with Crippen LogP contribution in [-0.2, 0) is 0 Å². The summed E-state index contributed by atoms with van der Waals surface area (Å²) in [6.45, 7) is 0. The highest BCUT2D eigenvalue weighted by Crippen LogP contribution is 2.44. The molecule has 0 fully saturated rings. The molecule has 0 unspecified atom stereocenters. The first-order chi connectivity index (χ1) is 10.1. The lowest BCUT2D eigenvalue weighted by molar-refractivity contribution is -0.384. The molecule has 0 atom stereocenters. The Morgan fingerprint density at radius 1 is 0.857 bits per heavy atom. The highest BCUT2D eigenvalue weighted by atomic mass is 16.6. The van der Waals surface area contributed by atoms with Gasteiger partial charge in [-0.2, -0.15) is 0 Å². The third kappa shape index (κ3) is 2.74. The second kappa shape index (κ2) is 6.13. The second-order valence-corrected chi connectivity index (χ2v) is 4.19. The molecule has 0 aromatic heterocycles. The first-order valence-electron chi connectivity index (χ1n) is 6.16. The van der Waals surface area contributed by atoms with Gasteiger partial charge in [0.25, 0.3) is 5.69 Å². The van der Waals surface area contributed by atoms with Crippen LogP contribution in [0, 0.1) is 10.1 Å². The number of methoxy groups -OCH3 is 3. The Bertz CT molecular complexity index is 652. The van der Waals surface area contributed by atoms with Gasteiger partial charge in [-0.3, -0.25) is 10.1 Å². The molecule has 0 N–H and O–H groups in total. The quantitative estimate of drug-likeness (QED) is 0.624. The summed E-state index contributed by atoms with van der Waals surface area (Å²) in [5.74, 6) is 1.56. The highest BCUT2D eigenvalue weighted by Gasteiger charge is 2.17. The summed E-state index contributed by atoms with van der Waals surface area (Å²) in [6.07, 6.45) is 0. The average molecular weight is 289 g/mol. The molecule has 6 nitrogen and oxygen atoms in total. The van der Waals surface area contributed by atoms with Crippen LogP contribution in [0.5, 0.6) is 17.2 Å². The van der Waals surface area contributed by atoms with Crippen molar-refractivity contribution in [2.24, 2.45) is 0 Å². The zero-order chi connectivity index (χ0) is 15.4. The maximum atomic E-state index is 10.7. The van der Waals surface area contributed by atoms with Crippen molar-refractivity contribution in [1.29, 1.82) is 0 Å². The topological polar surface area (TPSA) is 70.8 Å². The Morgan fingerprint density at radius 3 is 1.95 bits per heavy atom. The van der Waals surface area contributed by atoms with Crippen molar-refractivity contribution in [2.75, 3.05) is 21.3 Å². The molecular formula is C15H15NO5. The van der Waals surface area contributed by atoms with Crippen molar-refractivity contribution in [1.82, 2.24) is 0 Å². The van der Waals surface area contributed by atoms with E-state index in [9.17, 15) is 10.1 Å². The molecular weight excluding hydrogens is 274 g/mol. The molecule has 0 aliphatic heterocycles. The van der Waals surface area contributed by atoms with Gasteiger partial charge < -0.3 is 14.2 Å². The predicted octanol–water partition coefficient (Wildman–Crippen LogP) is 3.29. The van der Waals surface area contributed by atoms with Crippen LogP contribution in [0.15, 0.2) is 36.4 Å². The standard InChI is InChI=1S/C15H15NO5/c1-19-13-9-8-12(14(20-2)15(13)21-3)10-4-6-11(7-5-10)16(17)18/h4-9H,1-3H3. The van der Waals surface area contributed by atoms with Gasteiger partial charge in [0.2, 0.25) is 5.75 Å². The lowest BCUT2D eigenvalue weighted by Gasteiger charge is -2.15. The molecule has 6 heteroatoms. The number of hydrogen-bond donors (Lipinski definition) is 0. The number of ether oxygens (including phenoxy) is 3. The Kier molecular flexibility index (Phi) is 4.27. The summed E-state index contributed by atoms with van der Waals surface area (Å²) in [6, 6.07) is 9.82. The van der Waals surface area contributed by atoms with Crippen LogP contribution in [0.3, 0.4) is 0 Å². The summed E-state index contributed by atoms with van der Waals surface area (Å²) >= 11 is 0. The van der Waals surface area contributed by atoms with Gasteiger partial charge in [-0.25, -0.2) is 0 Å². The largest absolute Gasteiger partial charge is 0.493 e. The molecule has 0 heterocycles. The van der Waals surface area contributed by atoms with Gasteiger partial charge in [0.1, 0.15) is 0 Å². The minimum Gasteiger partial charge on any atom is -0.493 e. The SMILES string of the molecule is COc1ccc(-c2ccc([N+](=O)[O-])cc2)c(OC)c1OC. The number of nitrogens with zero attached hydrogens (tertiary/aromatic N) is 1. The minimum atomic E-state index is -0.435. The van der Waals surface area contributed by atoms with E-state index >= 15 is 0 Å². The van der Waals surface area contributed by atoms with Gasteiger partial charge >= 0.3 is 0 Å². The molecule has 2 rings (SSSR count). The molecule has 0 spiro atoms. The van der Waals surface area contributed by atoms with Crippen LogP contribution < -0.4 is 14.2 Å². The van der Waals surface area contributed by atoms with Crippen molar-refractivity contribution in [3.8, 4) is 28.4 Å².